The van der Waals surface area contributed by atoms with E-state index in [0.29, 0.717) is 11.0 Å². The highest BCUT2D eigenvalue weighted by Crippen LogP contribution is 2.42. The Bertz CT molecular complexity index is 813. The van der Waals surface area contributed by atoms with Crippen molar-refractivity contribution in [2.45, 2.75) is 6.29 Å². The van der Waals surface area contributed by atoms with Crippen molar-refractivity contribution in [2.75, 3.05) is 11.9 Å². The number of fused-ring (bicyclic) bond motifs is 2. The lowest BCUT2D eigenvalue weighted by molar-refractivity contribution is -0.286. The first-order valence-corrected chi connectivity index (χ1v) is 6.16. The monoisotopic (exact) mass is 307 g/mol. The molecule has 1 amide bonds. The topological polar surface area (TPSA) is 101 Å². The van der Waals surface area contributed by atoms with E-state index in [9.17, 15) is 13.6 Å². The molecule has 0 saturated heterocycles. The number of carbonyl (C=O) groups excluding carboxylic acids is 1. The number of aliphatic imine (C=N–C) groups is 2. The number of anilines is 1. The number of hydrogen-bond acceptors (Lipinski definition) is 6. The Morgan fingerprint density at radius 3 is 2.82 bits per heavy atom. The summed E-state index contributed by atoms with van der Waals surface area (Å²) in [5.41, 5.74) is 1.02. The van der Waals surface area contributed by atoms with Crippen molar-refractivity contribution in [3.05, 3.63) is 12.1 Å². The first-order chi connectivity index (χ1) is 10.5. The van der Waals surface area contributed by atoms with Gasteiger partial charge >= 0.3 is 6.29 Å². The number of H-pyrrole nitrogens is 1. The SMILES string of the molecule is O=C(Nc1nc2cc3c(cc2[nH]1)OC(F)(F)O3)C1=NC=NC1. The molecule has 0 saturated carbocycles. The summed E-state index contributed by atoms with van der Waals surface area (Å²) in [6.07, 6.45) is -2.38. The second kappa shape index (κ2) is 4.23. The quantitative estimate of drug-likeness (QED) is 0.873. The van der Waals surface area contributed by atoms with Gasteiger partial charge < -0.3 is 14.5 Å². The summed E-state index contributed by atoms with van der Waals surface area (Å²) < 4.78 is 34.6. The Kier molecular flexibility index (Phi) is 2.44. The van der Waals surface area contributed by atoms with E-state index in [-0.39, 0.29) is 29.7 Å². The molecule has 4 rings (SSSR count). The fourth-order valence-electron chi connectivity index (χ4n) is 2.10. The molecule has 1 aromatic carbocycles. The number of alkyl halides is 2. The highest BCUT2D eigenvalue weighted by atomic mass is 19.3. The average molecular weight is 307 g/mol. The van der Waals surface area contributed by atoms with Crippen LogP contribution in [-0.2, 0) is 4.79 Å². The van der Waals surface area contributed by atoms with Gasteiger partial charge in [-0.25, -0.2) is 9.98 Å². The third-order valence-corrected chi connectivity index (χ3v) is 3.04. The third kappa shape index (κ3) is 2.05. The Morgan fingerprint density at radius 1 is 1.32 bits per heavy atom. The molecule has 0 fully saturated rings. The highest BCUT2D eigenvalue weighted by molar-refractivity contribution is 6.45. The second-order valence-electron chi connectivity index (χ2n) is 4.56. The minimum Gasteiger partial charge on any atom is -0.395 e. The van der Waals surface area contributed by atoms with Crippen molar-refractivity contribution < 1.29 is 23.0 Å². The molecule has 0 aliphatic carbocycles. The molecule has 2 N–H and O–H groups in total. The van der Waals surface area contributed by atoms with Crippen LogP contribution in [0.3, 0.4) is 0 Å². The zero-order chi connectivity index (χ0) is 15.3. The van der Waals surface area contributed by atoms with Gasteiger partial charge in [-0.05, 0) is 0 Å². The number of amides is 1. The standard InChI is InChI=1S/C12H7F2N5O3/c13-12(14)21-8-1-5-6(2-9(8)22-12)18-11(17-5)19-10(20)7-3-15-4-16-7/h1-2,4H,3H2,(H2,17,18,19,20). The van der Waals surface area contributed by atoms with Crippen LogP contribution in [0.15, 0.2) is 22.1 Å². The lowest BCUT2D eigenvalue weighted by Crippen LogP contribution is -2.25. The van der Waals surface area contributed by atoms with Gasteiger partial charge in [0.2, 0.25) is 5.95 Å². The number of halogens is 2. The Morgan fingerprint density at radius 2 is 2.09 bits per heavy atom. The molecule has 2 aromatic rings. The van der Waals surface area contributed by atoms with Crippen molar-refractivity contribution >= 4 is 34.9 Å². The summed E-state index contributed by atoms with van der Waals surface area (Å²) in [5, 5.41) is 2.52. The molecule has 112 valence electrons. The maximum Gasteiger partial charge on any atom is 0.586 e. The number of rotatable bonds is 2. The van der Waals surface area contributed by atoms with E-state index in [1.807, 2.05) is 0 Å². The number of carbonyl (C=O) groups is 1. The summed E-state index contributed by atoms with van der Waals surface area (Å²) in [6.45, 7) is 0.205. The molecule has 22 heavy (non-hydrogen) atoms. The van der Waals surface area contributed by atoms with Gasteiger partial charge in [0, 0.05) is 12.1 Å². The van der Waals surface area contributed by atoms with Crippen LogP contribution < -0.4 is 14.8 Å². The van der Waals surface area contributed by atoms with Crippen molar-refractivity contribution in [3.63, 3.8) is 0 Å². The Hall–Kier alpha value is -3.04. The van der Waals surface area contributed by atoms with E-state index < -0.39 is 12.2 Å². The van der Waals surface area contributed by atoms with Crippen LogP contribution in [0.1, 0.15) is 0 Å². The molecule has 0 radical (unpaired) electrons. The zero-order valence-electron chi connectivity index (χ0n) is 10.8. The summed E-state index contributed by atoms with van der Waals surface area (Å²) in [5.74, 6) is -0.504. The normalized spacial score (nSPS) is 17.8. The summed E-state index contributed by atoms with van der Waals surface area (Å²) in [4.78, 5) is 26.3. The number of benzene rings is 1. The van der Waals surface area contributed by atoms with E-state index >= 15 is 0 Å². The molecule has 0 atom stereocenters. The van der Waals surface area contributed by atoms with Gasteiger partial charge in [-0.3, -0.25) is 15.1 Å². The molecular weight excluding hydrogens is 300 g/mol. The van der Waals surface area contributed by atoms with E-state index in [2.05, 4.69) is 34.7 Å². The number of aromatic nitrogens is 2. The van der Waals surface area contributed by atoms with Gasteiger partial charge in [0.05, 0.1) is 17.6 Å². The van der Waals surface area contributed by atoms with Crippen molar-refractivity contribution in [3.8, 4) is 11.5 Å². The molecule has 8 nitrogen and oxygen atoms in total. The predicted octanol–water partition coefficient (Wildman–Crippen LogP) is 1.31. The minimum absolute atomic E-state index is 0.104. The van der Waals surface area contributed by atoms with Gasteiger partial charge in [-0.15, -0.1) is 8.78 Å². The number of ether oxygens (including phenoxy) is 2. The maximum atomic E-state index is 13.0. The van der Waals surface area contributed by atoms with Crippen LogP contribution >= 0.6 is 0 Å². The smallest absolute Gasteiger partial charge is 0.395 e. The zero-order valence-corrected chi connectivity index (χ0v) is 10.8. The molecule has 2 aliphatic heterocycles. The fourth-order valence-corrected chi connectivity index (χ4v) is 2.10. The van der Waals surface area contributed by atoms with Crippen LogP contribution in [0.2, 0.25) is 0 Å². The van der Waals surface area contributed by atoms with E-state index in [1.165, 1.54) is 18.5 Å². The summed E-state index contributed by atoms with van der Waals surface area (Å²) >= 11 is 0. The number of nitrogens with zero attached hydrogens (tertiary/aromatic N) is 3. The van der Waals surface area contributed by atoms with Gasteiger partial charge in [0.1, 0.15) is 12.1 Å². The number of hydrogen-bond donors (Lipinski definition) is 2. The molecule has 0 bridgehead atoms. The Labute approximate surface area is 120 Å². The third-order valence-electron chi connectivity index (χ3n) is 3.04. The van der Waals surface area contributed by atoms with Crippen molar-refractivity contribution in [1.82, 2.24) is 9.97 Å². The van der Waals surface area contributed by atoms with Crippen LogP contribution in [-0.4, -0.2) is 40.8 Å². The van der Waals surface area contributed by atoms with E-state index in [1.54, 1.807) is 0 Å². The largest absolute Gasteiger partial charge is 0.586 e. The fraction of sp³-hybridized carbons (Fsp3) is 0.167. The summed E-state index contributed by atoms with van der Waals surface area (Å²) in [6, 6.07) is 2.62. The van der Waals surface area contributed by atoms with Gasteiger partial charge in [0.15, 0.2) is 11.5 Å². The second-order valence-corrected chi connectivity index (χ2v) is 4.56. The van der Waals surface area contributed by atoms with E-state index in [4.69, 9.17) is 0 Å². The minimum atomic E-state index is -3.68. The maximum absolute atomic E-state index is 13.0. The lowest BCUT2D eigenvalue weighted by atomic mass is 10.3. The van der Waals surface area contributed by atoms with E-state index in [0.717, 1.165) is 0 Å². The lowest BCUT2D eigenvalue weighted by Gasteiger charge is -2.04. The number of aromatic amines is 1. The first kappa shape index (κ1) is 12.7. The number of nitrogens with one attached hydrogen (secondary N) is 2. The van der Waals surface area contributed by atoms with Gasteiger partial charge in [0.25, 0.3) is 5.91 Å². The van der Waals surface area contributed by atoms with Crippen LogP contribution in [0.4, 0.5) is 14.7 Å². The molecule has 1 aromatic heterocycles. The Balaban J connectivity index is 1.61. The first-order valence-electron chi connectivity index (χ1n) is 6.16. The molecular formula is C12H7F2N5O3. The summed E-state index contributed by atoms with van der Waals surface area (Å²) in [7, 11) is 0. The van der Waals surface area contributed by atoms with Gasteiger partial charge in [-0.1, -0.05) is 0 Å². The average Bonchev–Trinajstić information content (AvgIpc) is 3.11. The van der Waals surface area contributed by atoms with Crippen molar-refractivity contribution in [1.29, 1.82) is 0 Å². The predicted molar refractivity (Wildman–Crippen MR) is 71.7 cm³/mol. The van der Waals surface area contributed by atoms with Gasteiger partial charge in [-0.2, -0.15) is 0 Å². The van der Waals surface area contributed by atoms with Crippen LogP contribution in [0, 0.1) is 0 Å². The molecule has 0 unspecified atom stereocenters. The molecule has 10 heteroatoms. The molecule has 0 spiro atoms. The highest BCUT2D eigenvalue weighted by Gasteiger charge is 2.43. The molecule has 3 heterocycles. The van der Waals surface area contributed by atoms with Crippen molar-refractivity contribution in [2.24, 2.45) is 9.98 Å². The molecule has 2 aliphatic rings. The number of imidazole rings is 1. The van der Waals surface area contributed by atoms with Crippen LogP contribution in [0.25, 0.3) is 11.0 Å². The van der Waals surface area contributed by atoms with Crippen LogP contribution in [0.5, 0.6) is 11.5 Å².